The molecule has 1 unspecified atom stereocenters. The highest BCUT2D eigenvalue weighted by Crippen LogP contribution is 2.25. The Labute approximate surface area is 134 Å². The molecule has 0 aromatic heterocycles. The molecule has 23 heavy (non-hydrogen) atoms. The summed E-state index contributed by atoms with van der Waals surface area (Å²) in [5, 5.41) is 0. The van der Waals surface area contributed by atoms with Gasteiger partial charge in [0.2, 0.25) is 0 Å². The topological polar surface area (TPSA) is 38.8 Å². The lowest BCUT2D eigenvalue weighted by Crippen LogP contribution is -2.42. The number of rotatable bonds is 3. The molecule has 2 aromatic carbocycles. The zero-order valence-electron chi connectivity index (χ0n) is 12.9. The quantitative estimate of drug-likeness (QED) is 0.874. The van der Waals surface area contributed by atoms with E-state index in [2.05, 4.69) is 0 Å². The van der Waals surface area contributed by atoms with Crippen LogP contribution in [0, 0.1) is 5.82 Å². The first-order valence-electron chi connectivity index (χ1n) is 7.48. The van der Waals surface area contributed by atoms with E-state index in [9.17, 15) is 9.18 Å². The monoisotopic (exact) mass is 315 g/mol. The van der Waals surface area contributed by atoms with Gasteiger partial charge >= 0.3 is 0 Å². The maximum absolute atomic E-state index is 13.3. The Balaban J connectivity index is 1.73. The molecule has 1 aliphatic rings. The first-order valence-corrected chi connectivity index (χ1v) is 7.48. The highest BCUT2D eigenvalue weighted by atomic mass is 19.1. The van der Waals surface area contributed by atoms with E-state index in [1.165, 1.54) is 12.1 Å². The van der Waals surface area contributed by atoms with E-state index < -0.39 is 5.82 Å². The zero-order chi connectivity index (χ0) is 16.2. The lowest BCUT2D eigenvalue weighted by molar-refractivity contribution is -0.0228. The number of amides is 1. The van der Waals surface area contributed by atoms with Crippen molar-refractivity contribution in [3.05, 3.63) is 65.5 Å². The van der Waals surface area contributed by atoms with Crippen molar-refractivity contribution in [1.82, 2.24) is 4.90 Å². The van der Waals surface area contributed by atoms with Crippen molar-refractivity contribution >= 4 is 5.91 Å². The molecule has 0 spiro atoms. The summed E-state index contributed by atoms with van der Waals surface area (Å²) in [5.41, 5.74) is 1.35. The van der Waals surface area contributed by atoms with E-state index in [-0.39, 0.29) is 12.0 Å². The molecule has 0 saturated carbocycles. The number of benzene rings is 2. The zero-order valence-corrected chi connectivity index (χ0v) is 12.9. The number of hydrogen-bond acceptors (Lipinski definition) is 3. The number of morpholine rings is 1. The molecular formula is C18H18FNO3. The molecule has 1 aliphatic heterocycles. The van der Waals surface area contributed by atoms with Crippen molar-refractivity contribution in [3.8, 4) is 5.75 Å². The number of halogens is 1. The van der Waals surface area contributed by atoms with Crippen LogP contribution in [-0.2, 0) is 4.74 Å². The van der Waals surface area contributed by atoms with Gasteiger partial charge in [-0.2, -0.15) is 0 Å². The predicted octanol–water partition coefficient (Wildman–Crippen LogP) is 3.05. The minimum absolute atomic E-state index is 0.175. The van der Waals surface area contributed by atoms with Gasteiger partial charge in [0, 0.05) is 12.1 Å². The van der Waals surface area contributed by atoms with Crippen molar-refractivity contribution in [2.24, 2.45) is 0 Å². The summed E-state index contributed by atoms with van der Waals surface area (Å²) >= 11 is 0. The maximum atomic E-state index is 13.3. The summed E-state index contributed by atoms with van der Waals surface area (Å²) in [5.74, 6) is 0.194. The van der Waals surface area contributed by atoms with Crippen LogP contribution < -0.4 is 4.74 Å². The molecular weight excluding hydrogens is 297 g/mol. The Morgan fingerprint density at radius 1 is 1.26 bits per heavy atom. The van der Waals surface area contributed by atoms with Crippen LogP contribution in [0.1, 0.15) is 22.0 Å². The number of nitrogens with zero attached hydrogens (tertiary/aromatic N) is 1. The number of ether oxygens (including phenoxy) is 2. The van der Waals surface area contributed by atoms with E-state index in [0.717, 1.165) is 11.3 Å². The molecule has 0 bridgehead atoms. The van der Waals surface area contributed by atoms with Crippen LogP contribution in [0.15, 0.2) is 48.5 Å². The summed E-state index contributed by atoms with van der Waals surface area (Å²) in [7, 11) is 1.62. The van der Waals surface area contributed by atoms with Crippen molar-refractivity contribution < 1.29 is 18.7 Å². The minimum Gasteiger partial charge on any atom is -0.497 e. The molecule has 1 fully saturated rings. The summed E-state index contributed by atoms with van der Waals surface area (Å²) < 4.78 is 24.2. The van der Waals surface area contributed by atoms with Gasteiger partial charge in [-0.1, -0.05) is 18.2 Å². The van der Waals surface area contributed by atoms with Gasteiger partial charge in [-0.25, -0.2) is 4.39 Å². The van der Waals surface area contributed by atoms with Gasteiger partial charge in [-0.05, 0) is 35.9 Å². The van der Waals surface area contributed by atoms with Crippen molar-refractivity contribution in [2.75, 3.05) is 26.8 Å². The van der Waals surface area contributed by atoms with Gasteiger partial charge in [0.25, 0.3) is 5.91 Å². The fourth-order valence-electron chi connectivity index (χ4n) is 2.66. The fraction of sp³-hybridized carbons (Fsp3) is 0.278. The molecule has 2 aromatic rings. The van der Waals surface area contributed by atoms with Crippen LogP contribution in [-0.4, -0.2) is 37.6 Å². The maximum Gasteiger partial charge on any atom is 0.254 e. The number of methoxy groups -OCH3 is 1. The second-order valence-electron chi connectivity index (χ2n) is 5.39. The van der Waals surface area contributed by atoms with Crippen LogP contribution >= 0.6 is 0 Å². The Hall–Kier alpha value is -2.40. The summed E-state index contributed by atoms with van der Waals surface area (Å²) in [6, 6.07) is 13.4. The average Bonchev–Trinajstić information content (AvgIpc) is 2.61. The van der Waals surface area contributed by atoms with Crippen molar-refractivity contribution in [2.45, 2.75) is 6.10 Å². The number of hydrogen-bond donors (Lipinski definition) is 0. The van der Waals surface area contributed by atoms with Crippen molar-refractivity contribution in [1.29, 1.82) is 0 Å². The second kappa shape index (κ2) is 6.79. The summed E-state index contributed by atoms with van der Waals surface area (Å²) in [6.45, 7) is 1.40. The standard InChI is InChI=1S/C18H18FNO3/c1-22-16-7-5-13(6-8-16)17-12-20(9-10-23-17)18(21)14-3-2-4-15(19)11-14/h2-8,11,17H,9-10,12H2,1H3. The lowest BCUT2D eigenvalue weighted by Gasteiger charge is -2.33. The van der Waals surface area contributed by atoms with Crippen LogP contribution in [0.2, 0.25) is 0 Å². The minimum atomic E-state index is -0.407. The molecule has 1 saturated heterocycles. The highest BCUT2D eigenvalue weighted by Gasteiger charge is 2.26. The molecule has 1 heterocycles. The fourth-order valence-corrected chi connectivity index (χ4v) is 2.66. The second-order valence-corrected chi connectivity index (χ2v) is 5.39. The SMILES string of the molecule is COc1ccc(C2CN(C(=O)c3cccc(F)c3)CCO2)cc1. The third-order valence-electron chi connectivity index (χ3n) is 3.91. The number of carbonyl (C=O) groups excluding carboxylic acids is 1. The summed E-state index contributed by atoms with van der Waals surface area (Å²) in [4.78, 5) is 14.2. The largest absolute Gasteiger partial charge is 0.497 e. The lowest BCUT2D eigenvalue weighted by atomic mass is 10.1. The highest BCUT2D eigenvalue weighted by molar-refractivity contribution is 5.94. The Morgan fingerprint density at radius 2 is 2.04 bits per heavy atom. The third-order valence-corrected chi connectivity index (χ3v) is 3.91. The predicted molar refractivity (Wildman–Crippen MR) is 84.0 cm³/mol. The van der Waals surface area contributed by atoms with E-state index in [1.54, 1.807) is 24.1 Å². The third kappa shape index (κ3) is 3.51. The molecule has 1 atom stereocenters. The van der Waals surface area contributed by atoms with Gasteiger partial charge in [0.05, 0.1) is 20.3 Å². The van der Waals surface area contributed by atoms with Crippen LogP contribution in [0.5, 0.6) is 5.75 Å². The number of carbonyl (C=O) groups is 1. The van der Waals surface area contributed by atoms with Crippen LogP contribution in [0.3, 0.4) is 0 Å². The normalized spacial score (nSPS) is 17.8. The van der Waals surface area contributed by atoms with Crippen LogP contribution in [0.4, 0.5) is 4.39 Å². The van der Waals surface area contributed by atoms with E-state index in [1.807, 2.05) is 24.3 Å². The van der Waals surface area contributed by atoms with Crippen molar-refractivity contribution in [3.63, 3.8) is 0 Å². The first kappa shape index (κ1) is 15.5. The smallest absolute Gasteiger partial charge is 0.254 e. The molecule has 0 aliphatic carbocycles. The summed E-state index contributed by atoms with van der Waals surface area (Å²) in [6.07, 6.45) is -0.188. The average molecular weight is 315 g/mol. The van der Waals surface area contributed by atoms with Gasteiger partial charge in [-0.3, -0.25) is 4.79 Å². The molecule has 4 nitrogen and oxygen atoms in total. The first-order chi connectivity index (χ1) is 11.2. The Morgan fingerprint density at radius 3 is 2.74 bits per heavy atom. The van der Waals surface area contributed by atoms with Gasteiger partial charge < -0.3 is 14.4 Å². The van der Waals surface area contributed by atoms with E-state index in [0.29, 0.717) is 25.3 Å². The molecule has 3 rings (SSSR count). The van der Waals surface area contributed by atoms with Crippen LogP contribution in [0.25, 0.3) is 0 Å². The van der Waals surface area contributed by atoms with Gasteiger partial charge in [-0.15, -0.1) is 0 Å². The molecule has 0 N–H and O–H groups in total. The Bertz CT molecular complexity index is 687. The van der Waals surface area contributed by atoms with Gasteiger partial charge in [0.15, 0.2) is 0 Å². The Kier molecular flexibility index (Phi) is 4.57. The molecule has 5 heteroatoms. The molecule has 1 amide bonds. The van der Waals surface area contributed by atoms with E-state index in [4.69, 9.17) is 9.47 Å². The molecule has 0 radical (unpaired) electrons. The van der Waals surface area contributed by atoms with Gasteiger partial charge in [0.1, 0.15) is 17.7 Å². The van der Waals surface area contributed by atoms with E-state index >= 15 is 0 Å². The molecule has 120 valence electrons.